The average Bonchev–Trinajstić information content (AvgIpc) is 2.96. The monoisotopic (exact) mass is 275 g/mol. The first-order valence-electron chi connectivity index (χ1n) is 6.69. The van der Waals surface area contributed by atoms with Gasteiger partial charge in [0, 0.05) is 17.1 Å². The fourth-order valence-corrected chi connectivity index (χ4v) is 2.72. The predicted molar refractivity (Wildman–Crippen MR) is 83.8 cm³/mol. The van der Waals surface area contributed by atoms with Gasteiger partial charge in [-0.05, 0) is 47.9 Å². The van der Waals surface area contributed by atoms with Crippen molar-refractivity contribution in [3.8, 4) is 11.1 Å². The summed E-state index contributed by atoms with van der Waals surface area (Å²) in [5.41, 5.74) is 11.6. The van der Waals surface area contributed by atoms with E-state index in [0.29, 0.717) is 0 Å². The van der Waals surface area contributed by atoms with Gasteiger partial charge in [-0.25, -0.2) is 4.98 Å². The number of benzene rings is 2. The number of aryl methyl sites for hydroxylation is 1. The van der Waals surface area contributed by atoms with E-state index in [2.05, 4.69) is 44.4 Å². The number of anilines is 1. The van der Waals surface area contributed by atoms with E-state index in [4.69, 9.17) is 5.73 Å². The number of nitrogens with one attached hydrogen (secondary N) is 1. The predicted octanol–water partition coefficient (Wildman–Crippen LogP) is 3.06. The van der Waals surface area contributed by atoms with Crippen LogP contribution in [0.3, 0.4) is 0 Å². The van der Waals surface area contributed by atoms with Crippen LogP contribution in [-0.4, -0.2) is 20.2 Å². The average molecular weight is 275 g/mol. The zero-order valence-electron chi connectivity index (χ0n) is 11.5. The molecule has 0 amide bonds. The molecule has 0 spiro atoms. The minimum atomic E-state index is 0.200. The molecule has 0 aliphatic carbocycles. The van der Waals surface area contributed by atoms with Crippen molar-refractivity contribution in [2.75, 3.05) is 5.73 Å². The number of hydrogen-bond acceptors (Lipinski definition) is 4. The molecule has 0 atom stereocenters. The van der Waals surface area contributed by atoms with Crippen molar-refractivity contribution in [2.45, 2.75) is 6.92 Å². The fourth-order valence-electron chi connectivity index (χ4n) is 2.72. The first kappa shape index (κ1) is 11.8. The van der Waals surface area contributed by atoms with E-state index in [9.17, 15) is 0 Å². The molecular formula is C16H13N5. The summed E-state index contributed by atoms with van der Waals surface area (Å²) >= 11 is 0. The Hall–Kier alpha value is -2.95. The maximum absolute atomic E-state index is 5.61. The van der Waals surface area contributed by atoms with Crippen LogP contribution in [0.15, 0.2) is 42.6 Å². The molecule has 4 aromatic rings. The van der Waals surface area contributed by atoms with Crippen LogP contribution in [-0.2, 0) is 0 Å². The number of aromatic nitrogens is 4. The summed E-state index contributed by atoms with van der Waals surface area (Å²) < 4.78 is 0. The van der Waals surface area contributed by atoms with Crippen molar-refractivity contribution in [3.05, 3.63) is 48.2 Å². The van der Waals surface area contributed by atoms with Crippen molar-refractivity contribution < 1.29 is 0 Å². The Labute approximate surface area is 120 Å². The Balaban J connectivity index is 2.03. The normalized spacial score (nSPS) is 11.3. The number of nitrogen functional groups attached to an aromatic ring is 1. The van der Waals surface area contributed by atoms with Gasteiger partial charge in [0.15, 0.2) is 0 Å². The van der Waals surface area contributed by atoms with E-state index in [1.54, 1.807) is 0 Å². The second-order valence-corrected chi connectivity index (χ2v) is 5.08. The molecule has 0 radical (unpaired) electrons. The molecule has 4 rings (SSSR count). The highest BCUT2D eigenvalue weighted by atomic mass is 15.2. The molecule has 0 unspecified atom stereocenters. The van der Waals surface area contributed by atoms with Crippen molar-refractivity contribution in [2.24, 2.45) is 0 Å². The molecule has 0 bridgehead atoms. The standard InChI is InChI=1S/C16H13N5/c1-9-7-10(8-14-15(9)19-16(17)21-20-14)11-3-2-4-13-12(11)5-6-18-13/h2-8,18H,1H3,(H2,17,19,21). The minimum Gasteiger partial charge on any atom is -0.366 e. The van der Waals surface area contributed by atoms with E-state index in [-0.39, 0.29) is 5.95 Å². The van der Waals surface area contributed by atoms with E-state index in [1.165, 1.54) is 5.39 Å². The van der Waals surface area contributed by atoms with E-state index in [1.807, 2.05) is 25.3 Å². The first-order chi connectivity index (χ1) is 10.2. The van der Waals surface area contributed by atoms with Crippen LogP contribution in [0.25, 0.3) is 33.1 Å². The number of fused-ring (bicyclic) bond motifs is 2. The lowest BCUT2D eigenvalue weighted by molar-refractivity contribution is 1.04. The quantitative estimate of drug-likeness (QED) is 0.559. The number of H-pyrrole nitrogens is 1. The number of nitrogens with zero attached hydrogens (tertiary/aromatic N) is 3. The summed E-state index contributed by atoms with van der Waals surface area (Å²) in [6, 6.07) is 12.4. The third kappa shape index (κ3) is 1.82. The summed E-state index contributed by atoms with van der Waals surface area (Å²) in [4.78, 5) is 7.49. The smallest absolute Gasteiger partial charge is 0.240 e. The van der Waals surface area contributed by atoms with Gasteiger partial charge in [-0.2, -0.15) is 0 Å². The molecule has 2 aromatic carbocycles. The molecule has 102 valence electrons. The molecule has 2 heterocycles. The molecule has 3 N–H and O–H groups in total. The first-order valence-corrected chi connectivity index (χ1v) is 6.69. The van der Waals surface area contributed by atoms with Gasteiger partial charge < -0.3 is 10.7 Å². The summed E-state index contributed by atoms with van der Waals surface area (Å²) in [5.74, 6) is 0.200. The highest BCUT2D eigenvalue weighted by Crippen LogP contribution is 2.31. The van der Waals surface area contributed by atoms with E-state index in [0.717, 1.165) is 33.2 Å². The third-order valence-corrected chi connectivity index (χ3v) is 3.67. The largest absolute Gasteiger partial charge is 0.366 e. The molecule has 0 saturated carbocycles. The second-order valence-electron chi connectivity index (χ2n) is 5.08. The number of nitrogens with two attached hydrogens (primary N) is 1. The van der Waals surface area contributed by atoms with Crippen LogP contribution >= 0.6 is 0 Å². The van der Waals surface area contributed by atoms with Crippen LogP contribution in [0.5, 0.6) is 0 Å². The zero-order valence-corrected chi connectivity index (χ0v) is 11.5. The Morgan fingerprint density at radius 2 is 2.00 bits per heavy atom. The minimum absolute atomic E-state index is 0.200. The Morgan fingerprint density at radius 3 is 2.90 bits per heavy atom. The molecule has 2 aromatic heterocycles. The molecule has 5 heteroatoms. The lowest BCUT2D eigenvalue weighted by Gasteiger charge is -2.07. The Bertz CT molecular complexity index is 971. The molecular weight excluding hydrogens is 262 g/mol. The third-order valence-electron chi connectivity index (χ3n) is 3.67. The topological polar surface area (TPSA) is 80.5 Å². The fraction of sp³-hybridized carbons (Fsp3) is 0.0625. The SMILES string of the molecule is Cc1cc(-c2cccc3[nH]ccc23)cc2nnc(N)nc12. The summed E-state index contributed by atoms with van der Waals surface area (Å²) in [6.07, 6.45) is 1.95. The van der Waals surface area contributed by atoms with Gasteiger partial charge in [0.1, 0.15) is 5.52 Å². The van der Waals surface area contributed by atoms with Crippen molar-refractivity contribution in [1.82, 2.24) is 20.2 Å². The number of hydrogen-bond donors (Lipinski definition) is 2. The Morgan fingerprint density at radius 1 is 1.10 bits per heavy atom. The van der Waals surface area contributed by atoms with Gasteiger partial charge in [-0.3, -0.25) is 0 Å². The maximum atomic E-state index is 5.61. The van der Waals surface area contributed by atoms with Gasteiger partial charge in [0.25, 0.3) is 0 Å². The summed E-state index contributed by atoms with van der Waals surface area (Å²) in [7, 11) is 0. The van der Waals surface area contributed by atoms with Crippen LogP contribution in [0.2, 0.25) is 0 Å². The highest BCUT2D eigenvalue weighted by Gasteiger charge is 2.09. The maximum Gasteiger partial charge on any atom is 0.240 e. The van der Waals surface area contributed by atoms with E-state index >= 15 is 0 Å². The van der Waals surface area contributed by atoms with Crippen LogP contribution in [0.4, 0.5) is 5.95 Å². The molecule has 5 nitrogen and oxygen atoms in total. The summed E-state index contributed by atoms with van der Waals surface area (Å²) in [6.45, 7) is 2.01. The van der Waals surface area contributed by atoms with Crippen molar-refractivity contribution in [1.29, 1.82) is 0 Å². The van der Waals surface area contributed by atoms with Crippen molar-refractivity contribution >= 4 is 27.9 Å². The molecule has 0 fully saturated rings. The second kappa shape index (κ2) is 4.28. The van der Waals surface area contributed by atoms with Gasteiger partial charge >= 0.3 is 0 Å². The van der Waals surface area contributed by atoms with Crippen LogP contribution in [0, 0.1) is 6.92 Å². The van der Waals surface area contributed by atoms with Gasteiger partial charge in [0.05, 0.1) is 5.52 Å². The van der Waals surface area contributed by atoms with E-state index < -0.39 is 0 Å². The molecule has 21 heavy (non-hydrogen) atoms. The lowest BCUT2D eigenvalue weighted by atomic mass is 9.99. The molecule has 0 saturated heterocycles. The lowest BCUT2D eigenvalue weighted by Crippen LogP contribution is -1.99. The summed E-state index contributed by atoms with van der Waals surface area (Å²) in [5, 5.41) is 9.18. The van der Waals surface area contributed by atoms with Crippen molar-refractivity contribution in [3.63, 3.8) is 0 Å². The van der Waals surface area contributed by atoms with Crippen LogP contribution < -0.4 is 5.73 Å². The molecule has 0 aliphatic rings. The van der Waals surface area contributed by atoms with Gasteiger partial charge in [0.2, 0.25) is 5.95 Å². The van der Waals surface area contributed by atoms with Gasteiger partial charge in [-0.1, -0.05) is 12.1 Å². The number of rotatable bonds is 1. The van der Waals surface area contributed by atoms with Crippen LogP contribution in [0.1, 0.15) is 5.56 Å². The van der Waals surface area contributed by atoms with Gasteiger partial charge in [-0.15, -0.1) is 10.2 Å². The number of aromatic amines is 1. The Kier molecular flexibility index (Phi) is 2.41. The molecule has 0 aliphatic heterocycles. The zero-order chi connectivity index (χ0) is 14.4. The highest BCUT2D eigenvalue weighted by molar-refractivity contribution is 5.97.